The maximum atomic E-state index is 8.99. The molecule has 0 unspecified atom stereocenters. The van der Waals surface area contributed by atoms with Gasteiger partial charge in [0.1, 0.15) is 0 Å². The van der Waals surface area contributed by atoms with Gasteiger partial charge in [0.15, 0.2) is 0 Å². The van der Waals surface area contributed by atoms with E-state index in [0.717, 1.165) is 0 Å². The van der Waals surface area contributed by atoms with Gasteiger partial charge in [0, 0.05) is 0 Å². The van der Waals surface area contributed by atoms with Gasteiger partial charge in [-0.25, -0.2) is 0 Å². The van der Waals surface area contributed by atoms with E-state index in [0.29, 0.717) is 0 Å². The van der Waals surface area contributed by atoms with Crippen molar-refractivity contribution in [3.05, 3.63) is 0 Å². The summed E-state index contributed by atoms with van der Waals surface area (Å²) in [5.74, 6) is 0. The van der Waals surface area contributed by atoms with Crippen LogP contribution in [0.4, 0.5) is 0 Å². The first-order valence-corrected chi connectivity index (χ1v) is 2.03. The van der Waals surface area contributed by atoms with E-state index in [9.17, 15) is 0 Å². The molecule has 0 aromatic heterocycles. The minimum atomic E-state index is -0.133. The Labute approximate surface area is 41.4 Å². The molecule has 0 aliphatic carbocycles. The zero-order chi connectivity index (χ0) is 4.12. The van der Waals surface area contributed by atoms with Crippen LogP contribution in [0.1, 0.15) is 0 Å². The van der Waals surface area contributed by atoms with Crippen LogP contribution in [0.3, 0.4) is 0 Å². The molecule has 0 fully saturated rings. The molecular weight excluding hydrogens is 175 g/mol. The molecule has 0 N–H and O–H groups in total. The van der Waals surface area contributed by atoms with Crippen LogP contribution in [0, 0.1) is 0 Å². The van der Waals surface area contributed by atoms with E-state index < -0.39 is 0 Å². The Morgan fingerprint density at radius 3 is 1.60 bits per heavy atom. The van der Waals surface area contributed by atoms with E-state index in [1.807, 2.05) is 0 Å². The third-order valence-corrected chi connectivity index (χ3v) is 0.515. The van der Waals surface area contributed by atoms with Crippen molar-refractivity contribution in [1.29, 1.82) is 0 Å². The van der Waals surface area contributed by atoms with E-state index in [-0.39, 0.29) is 30.4 Å². The van der Waals surface area contributed by atoms with Crippen LogP contribution in [0.2, 0.25) is 0 Å². The van der Waals surface area contributed by atoms with Gasteiger partial charge in [0.2, 0.25) is 0 Å². The summed E-state index contributed by atoms with van der Waals surface area (Å²) in [4.78, 5) is 0. The van der Waals surface area contributed by atoms with Crippen LogP contribution in [-0.4, -0.2) is 0 Å². The van der Waals surface area contributed by atoms with Crippen molar-refractivity contribution < 1.29 is 41.0 Å². The molecule has 0 saturated carbocycles. The number of hydrogen-bond donors (Lipinski definition) is 0. The van der Waals surface area contributed by atoms with Crippen LogP contribution < -0.4 is 0 Å². The SMILES string of the molecule is [O]=[Cu][O][Cu]=[O]. The summed E-state index contributed by atoms with van der Waals surface area (Å²) in [5.41, 5.74) is 0. The van der Waals surface area contributed by atoms with Crippen LogP contribution >= 0.6 is 0 Å². The summed E-state index contributed by atoms with van der Waals surface area (Å²) in [6, 6.07) is 0. The van der Waals surface area contributed by atoms with Gasteiger partial charge < -0.3 is 0 Å². The van der Waals surface area contributed by atoms with Gasteiger partial charge in [-0.2, -0.15) is 0 Å². The van der Waals surface area contributed by atoms with Crippen LogP contribution in [0.15, 0.2) is 0 Å². The molecule has 40 valence electrons. The van der Waals surface area contributed by atoms with Gasteiger partial charge in [0.25, 0.3) is 0 Å². The Bertz CT molecular complexity index is 34.2. The van der Waals surface area contributed by atoms with Crippen molar-refractivity contribution in [2.75, 3.05) is 0 Å². The zero-order valence-electron chi connectivity index (χ0n) is 1.83. The second-order valence-electron chi connectivity index (χ2n) is 0.138. The van der Waals surface area contributed by atoms with Crippen LogP contribution in [0.5, 0.6) is 0 Å². The molecule has 3 nitrogen and oxygen atoms in total. The van der Waals surface area contributed by atoms with E-state index >= 15 is 0 Å². The standard InChI is InChI=1S/2Cu.3O. The maximum absolute atomic E-state index is 8.99. The van der Waals surface area contributed by atoms with E-state index in [1.165, 1.54) is 0 Å². The average molecular weight is 175 g/mol. The third kappa shape index (κ3) is 4.60. The zero-order valence-corrected chi connectivity index (χ0v) is 3.71. The Kier molecular flexibility index (Phi) is 5.15. The molecule has 0 spiro atoms. The first-order valence-electron chi connectivity index (χ1n) is 0.492. The normalized spacial score (nSPS) is 9.60. The molecule has 0 aromatic rings. The first-order chi connectivity index (χ1) is 2.41. The molecule has 0 amide bonds. The number of rotatable bonds is 2. The summed E-state index contributed by atoms with van der Waals surface area (Å²) in [7, 11) is 0. The van der Waals surface area contributed by atoms with Crippen LogP contribution in [0.25, 0.3) is 0 Å². The fraction of sp³-hybridized carbons (Fsp3) is 0. The van der Waals surface area contributed by atoms with Gasteiger partial charge in [-0.1, -0.05) is 0 Å². The molecule has 0 aliphatic rings. The molecule has 0 radical (unpaired) electrons. The number of hydrogen-bond acceptors (Lipinski definition) is 3. The summed E-state index contributed by atoms with van der Waals surface area (Å²) < 4.78 is 21.5. The second kappa shape index (κ2) is 4.60. The molecule has 0 aliphatic heterocycles. The van der Waals surface area contributed by atoms with Gasteiger partial charge in [-0.05, 0) is 0 Å². The van der Waals surface area contributed by atoms with Gasteiger partial charge >= 0.3 is 41.0 Å². The topological polar surface area (TPSA) is 43.4 Å². The Hall–Kier alpha value is 0.599. The fourth-order valence-corrected chi connectivity index (χ4v) is 0.105. The first kappa shape index (κ1) is 5.60. The molecule has 0 atom stereocenters. The monoisotopic (exact) mass is 174 g/mol. The Morgan fingerprint density at radius 1 is 1.20 bits per heavy atom. The summed E-state index contributed by atoms with van der Waals surface area (Å²) >= 11 is -0.266. The van der Waals surface area contributed by atoms with Crippen molar-refractivity contribution in [1.82, 2.24) is 0 Å². The second-order valence-corrected chi connectivity index (χ2v) is 1.05. The molecular formula is Cu2O3. The third-order valence-electron chi connectivity index (χ3n) is 0.0303. The van der Waals surface area contributed by atoms with Crippen molar-refractivity contribution in [3.8, 4) is 0 Å². The Morgan fingerprint density at radius 2 is 1.60 bits per heavy atom. The van der Waals surface area contributed by atoms with Crippen molar-refractivity contribution in [3.63, 3.8) is 0 Å². The Balaban J connectivity index is 2.65. The van der Waals surface area contributed by atoms with Gasteiger partial charge in [0.05, 0.1) is 0 Å². The fourth-order valence-electron chi connectivity index (χ4n) is 0.00619. The van der Waals surface area contributed by atoms with Gasteiger partial charge in [-0.3, -0.25) is 0 Å². The average Bonchev–Trinajstić information content (AvgIpc) is 1.41. The molecule has 0 rings (SSSR count). The minimum absolute atomic E-state index is 0.133. The van der Waals surface area contributed by atoms with E-state index in [2.05, 4.69) is 2.90 Å². The molecule has 0 aromatic carbocycles. The van der Waals surface area contributed by atoms with E-state index in [1.54, 1.807) is 0 Å². The quantitative estimate of drug-likeness (QED) is 0.540. The summed E-state index contributed by atoms with van der Waals surface area (Å²) in [5, 5.41) is 0. The summed E-state index contributed by atoms with van der Waals surface area (Å²) in [6.07, 6.45) is 0. The van der Waals surface area contributed by atoms with Gasteiger partial charge in [-0.15, -0.1) is 0 Å². The van der Waals surface area contributed by atoms with E-state index in [4.69, 9.17) is 7.67 Å². The predicted octanol–water partition coefficient (Wildman–Crippen LogP) is -0.311. The predicted molar refractivity (Wildman–Crippen MR) is 2.46 cm³/mol. The van der Waals surface area contributed by atoms with Crippen molar-refractivity contribution in [2.24, 2.45) is 0 Å². The molecule has 0 bridgehead atoms. The van der Waals surface area contributed by atoms with Crippen molar-refractivity contribution in [2.45, 2.75) is 0 Å². The molecule has 0 saturated heterocycles. The molecule has 5 heteroatoms. The molecule has 0 heterocycles. The summed E-state index contributed by atoms with van der Waals surface area (Å²) in [6.45, 7) is 0. The van der Waals surface area contributed by atoms with Crippen LogP contribution in [-0.2, 0) is 41.0 Å². The molecule has 5 heavy (non-hydrogen) atoms. The van der Waals surface area contributed by atoms with Crippen molar-refractivity contribution >= 4 is 0 Å².